The lowest BCUT2D eigenvalue weighted by atomic mass is 9.83. The second-order valence-corrected chi connectivity index (χ2v) is 6.35. The van der Waals surface area contributed by atoms with Gasteiger partial charge in [0.1, 0.15) is 0 Å². The van der Waals surface area contributed by atoms with Gasteiger partial charge in [-0.15, -0.1) is 5.10 Å². The number of aliphatic hydroxyl groups is 1. The number of hydrogen-bond acceptors (Lipinski definition) is 3. The molecular weight excluding hydrogens is 214 g/mol. The molecule has 4 heteroatoms. The third kappa shape index (κ3) is 5.82. The molecule has 0 aliphatic carbocycles. The predicted octanol–water partition coefficient (Wildman–Crippen LogP) is 2.18. The Morgan fingerprint density at radius 3 is 2.53 bits per heavy atom. The van der Waals surface area contributed by atoms with Gasteiger partial charge in [-0.1, -0.05) is 32.9 Å². The highest BCUT2D eigenvalue weighted by Crippen LogP contribution is 2.27. The fourth-order valence-electron chi connectivity index (χ4n) is 2.41. The minimum absolute atomic E-state index is 0.316. The largest absolute Gasteiger partial charge is 0.393 e. The first kappa shape index (κ1) is 14.2. The van der Waals surface area contributed by atoms with Gasteiger partial charge in [-0.25, -0.2) is 0 Å². The fourth-order valence-corrected chi connectivity index (χ4v) is 2.41. The van der Waals surface area contributed by atoms with Gasteiger partial charge in [0.2, 0.25) is 0 Å². The highest BCUT2D eigenvalue weighted by atomic mass is 16.3. The van der Waals surface area contributed by atoms with Crippen LogP contribution in [0.3, 0.4) is 0 Å². The van der Waals surface area contributed by atoms with Crippen LogP contribution in [0, 0.1) is 11.3 Å². The average Bonchev–Trinajstić information content (AvgIpc) is 2.46. The number of aromatic nitrogens is 3. The maximum absolute atomic E-state index is 10.0. The molecule has 17 heavy (non-hydrogen) atoms. The van der Waals surface area contributed by atoms with Crippen LogP contribution in [0.25, 0.3) is 0 Å². The summed E-state index contributed by atoms with van der Waals surface area (Å²) < 4.78 is 1.67. The van der Waals surface area contributed by atoms with E-state index >= 15 is 0 Å². The summed E-state index contributed by atoms with van der Waals surface area (Å²) in [6, 6.07) is 0. The summed E-state index contributed by atoms with van der Waals surface area (Å²) in [4.78, 5) is 0. The van der Waals surface area contributed by atoms with Gasteiger partial charge in [0.15, 0.2) is 0 Å². The molecule has 1 aromatic heterocycles. The number of rotatable bonds is 5. The normalized spacial score (nSPS) is 15.9. The van der Waals surface area contributed by atoms with E-state index in [2.05, 4.69) is 38.0 Å². The van der Waals surface area contributed by atoms with Crippen molar-refractivity contribution in [3.63, 3.8) is 0 Å². The van der Waals surface area contributed by atoms with E-state index in [0.717, 1.165) is 18.5 Å². The maximum atomic E-state index is 10.0. The fraction of sp³-hybridized carbons (Fsp3) is 0.846. The van der Waals surface area contributed by atoms with E-state index in [-0.39, 0.29) is 6.10 Å². The Kier molecular flexibility index (Phi) is 4.69. The number of nitrogens with zero attached hydrogens (tertiary/aromatic N) is 3. The zero-order valence-corrected chi connectivity index (χ0v) is 11.6. The van der Waals surface area contributed by atoms with Crippen molar-refractivity contribution < 1.29 is 5.11 Å². The molecule has 0 aromatic carbocycles. The third-order valence-electron chi connectivity index (χ3n) is 2.73. The maximum Gasteiger partial charge on any atom is 0.0852 e. The molecule has 0 saturated carbocycles. The van der Waals surface area contributed by atoms with E-state index in [9.17, 15) is 5.11 Å². The van der Waals surface area contributed by atoms with Gasteiger partial charge in [0.05, 0.1) is 11.8 Å². The van der Waals surface area contributed by atoms with E-state index in [1.165, 1.54) is 0 Å². The van der Waals surface area contributed by atoms with Crippen molar-refractivity contribution in [2.24, 2.45) is 18.4 Å². The molecule has 98 valence electrons. The molecule has 0 amide bonds. The lowest BCUT2D eigenvalue weighted by Gasteiger charge is -2.24. The summed E-state index contributed by atoms with van der Waals surface area (Å²) in [7, 11) is 1.84. The van der Waals surface area contributed by atoms with Crippen molar-refractivity contribution >= 4 is 0 Å². The zero-order chi connectivity index (χ0) is 13.1. The monoisotopic (exact) mass is 239 g/mol. The average molecular weight is 239 g/mol. The smallest absolute Gasteiger partial charge is 0.0852 e. The van der Waals surface area contributed by atoms with Gasteiger partial charge in [0.25, 0.3) is 0 Å². The molecule has 0 bridgehead atoms. The predicted molar refractivity (Wildman–Crippen MR) is 68.6 cm³/mol. The molecule has 0 radical (unpaired) electrons. The molecule has 2 unspecified atom stereocenters. The zero-order valence-electron chi connectivity index (χ0n) is 11.6. The first-order valence-electron chi connectivity index (χ1n) is 6.29. The van der Waals surface area contributed by atoms with Crippen LogP contribution >= 0.6 is 0 Å². The highest BCUT2D eigenvalue weighted by Gasteiger charge is 2.18. The van der Waals surface area contributed by atoms with E-state index < -0.39 is 0 Å². The molecular formula is C13H25N3O. The van der Waals surface area contributed by atoms with Crippen molar-refractivity contribution in [1.29, 1.82) is 0 Å². The van der Waals surface area contributed by atoms with Crippen molar-refractivity contribution in [3.8, 4) is 0 Å². The number of hydrogen-bond donors (Lipinski definition) is 1. The SMILES string of the molecule is CC(CC(O)Cc1cn(C)nn1)CC(C)(C)C. The first-order chi connectivity index (χ1) is 7.76. The van der Waals surface area contributed by atoms with Crippen LogP contribution in [0.15, 0.2) is 6.20 Å². The lowest BCUT2D eigenvalue weighted by molar-refractivity contribution is 0.132. The van der Waals surface area contributed by atoms with Gasteiger partial charge in [-0.2, -0.15) is 0 Å². The highest BCUT2D eigenvalue weighted by molar-refractivity contribution is 4.94. The molecule has 2 atom stereocenters. The standard InChI is InChI=1S/C13H25N3O/c1-10(8-13(2,3)4)6-12(17)7-11-9-16(5)15-14-11/h9-10,12,17H,6-8H2,1-5H3. The van der Waals surface area contributed by atoms with Crippen molar-refractivity contribution in [2.75, 3.05) is 0 Å². The Labute approximate surface area is 104 Å². The summed E-state index contributed by atoms with van der Waals surface area (Å²) in [5.74, 6) is 0.529. The molecule has 1 rings (SSSR count). The van der Waals surface area contributed by atoms with Gasteiger partial charge < -0.3 is 5.11 Å². The topological polar surface area (TPSA) is 50.9 Å². The minimum atomic E-state index is -0.316. The van der Waals surface area contributed by atoms with Gasteiger partial charge >= 0.3 is 0 Å². The summed E-state index contributed by atoms with van der Waals surface area (Å²) in [6.07, 6.45) is 4.10. The van der Waals surface area contributed by atoms with Crippen molar-refractivity contribution in [3.05, 3.63) is 11.9 Å². The van der Waals surface area contributed by atoms with Crippen LogP contribution in [0.5, 0.6) is 0 Å². The number of aliphatic hydroxyl groups excluding tert-OH is 1. The molecule has 1 N–H and O–H groups in total. The molecule has 0 spiro atoms. The molecule has 0 saturated heterocycles. The Morgan fingerprint density at radius 1 is 1.41 bits per heavy atom. The third-order valence-corrected chi connectivity index (χ3v) is 2.73. The van der Waals surface area contributed by atoms with Crippen LogP contribution in [-0.4, -0.2) is 26.2 Å². The Balaban J connectivity index is 2.36. The van der Waals surface area contributed by atoms with Crippen LogP contribution in [0.2, 0.25) is 0 Å². The van der Waals surface area contributed by atoms with Crippen molar-refractivity contribution in [1.82, 2.24) is 15.0 Å². The van der Waals surface area contributed by atoms with Gasteiger partial charge in [0, 0.05) is 19.7 Å². The number of aryl methyl sites for hydroxylation is 1. The summed E-state index contributed by atoms with van der Waals surface area (Å²) >= 11 is 0. The van der Waals surface area contributed by atoms with Crippen LogP contribution < -0.4 is 0 Å². The van der Waals surface area contributed by atoms with Crippen LogP contribution in [-0.2, 0) is 13.5 Å². The van der Waals surface area contributed by atoms with Crippen molar-refractivity contribution in [2.45, 2.75) is 53.1 Å². The Morgan fingerprint density at radius 2 is 2.06 bits per heavy atom. The quantitative estimate of drug-likeness (QED) is 0.857. The Bertz CT molecular complexity index is 341. The summed E-state index contributed by atoms with van der Waals surface area (Å²) in [5.41, 5.74) is 1.19. The van der Waals surface area contributed by atoms with E-state index in [1.807, 2.05) is 13.2 Å². The molecule has 1 aromatic rings. The van der Waals surface area contributed by atoms with Gasteiger partial charge in [-0.05, 0) is 24.2 Å². The van der Waals surface area contributed by atoms with E-state index in [0.29, 0.717) is 17.8 Å². The van der Waals surface area contributed by atoms with Crippen LogP contribution in [0.1, 0.15) is 46.2 Å². The van der Waals surface area contributed by atoms with E-state index in [1.54, 1.807) is 4.68 Å². The lowest BCUT2D eigenvalue weighted by Crippen LogP contribution is -2.19. The second kappa shape index (κ2) is 5.63. The summed E-state index contributed by atoms with van der Waals surface area (Å²) in [5, 5.41) is 17.9. The van der Waals surface area contributed by atoms with Crippen LogP contribution in [0.4, 0.5) is 0 Å². The minimum Gasteiger partial charge on any atom is -0.393 e. The van der Waals surface area contributed by atoms with Gasteiger partial charge in [-0.3, -0.25) is 4.68 Å². The summed E-state index contributed by atoms with van der Waals surface area (Å²) in [6.45, 7) is 8.90. The molecule has 0 fully saturated rings. The molecule has 4 nitrogen and oxygen atoms in total. The molecule has 0 aliphatic heterocycles. The van der Waals surface area contributed by atoms with E-state index in [4.69, 9.17) is 0 Å². The molecule has 0 aliphatic rings. The second-order valence-electron chi connectivity index (χ2n) is 6.35. The first-order valence-corrected chi connectivity index (χ1v) is 6.29. The Hall–Kier alpha value is -0.900. The molecule has 1 heterocycles.